The van der Waals surface area contributed by atoms with Gasteiger partial charge in [0.25, 0.3) is 0 Å². The Kier molecular flexibility index (Phi) is 8.14. The van der Waals surface area contributed by atoms with E-state index in [2.05, 4.69) is 36.9 Å². The molecule has 0 spiro atoms. The maximum absolute atomic E-state index is 12.3. The second-order valence-corrected chi connectivity index (χ2v) is 8.39. The van der Waals surface area contributed by atoms with E-state index in [1.165, 1.54) is 32.1 Å². The van der Waals surface area contributed by atoms with Crippen molar-refractivity contribution in [1.82, 2.24) is 0 Å². The SMILES string of the molecule is CCCCCCC(=N)C(=O)C1=CCC(SC2CC=CCC2)CC1. The minimum absolute atomic E-state index is 0.0190. The molecule has 0 amide bonds. The zero-order valence-corrected chi connectivity index (χ0v) is 15.3. The summed E-state index contributed by atoms with van der Waals surface area (Å²) in [6.45, 7) is 2.18. The topological polar surface area (TPSA) is 40.9 Å². The van der Waals surface area contributed by atoms with E-state index in [9.17, 15) is 4.79 Å². The van der Waals surface area contributed by atoms with Crippen LogP contribution < -0.4 is 0 Å². The van der Waals surface area contributed by atoms with Crippen molar-refractivity contribution in [2.45, 2.75) is 88.1 Å². The van der Waals surface area contributed by atoms with E-state index in [1.54, 1.807) is 0 Å². The molecule has 0 bridgehead atoms. The fraction of sp³-hybridized carbons (Fsp3) is 0.700. The number of hydrogen-bond donors (Lipinski definition) is 1. The van der Waals surface area contributed by atoms with E-state index < -0.39 is 0 Å². The molecule has 23 heavy (non-hydrogen) atoms. The van der Waals surface area contributed by atoms with Crippen LogP contribution in [-0.2, 0) is 4.79 Å². The fourth-order valence-electron chi connectivity index (χ4n) is 3.34. The Morgan fingerprint density at radius 1 is 1.17 bits per heavy atom. The number of nitrogens with one attached hydrogen (secondary N) is 1. The van der Waals surface area contributed by atoms with Crippen LogP contribution >= 0.6 is 11.8 Å². The summed E-state index contributed by atoms with van der Waals surface area (Å²) in [7, 11) is 0. The summed E-state index contributed by atoms with van der Waals surface area (Å²) >= 11 is 2.12. The summed E-state index contributed by atoms with van der Waals surface area (Å²) < 4.78 is 0. The van der Waals surface area contributed by atoms with Crippen molar-refractivity contribution in [3.8, 4) is 0 Å². The predicted molar refractivity (Wildman–Crippen MR) is 102 cm³/mol. The molecule has 1 N–H and O–H groups in total. The second-order valence-electron chi connectivity index (χ2n) is 6.79. The molecule has 3 heteroatoms. The van der Waals surface area contributed by atoms with Crippen molar-refractivity contribution in [2.24, 2.45) is 0 Å². The first-order valence-electron chi connectivity index (χ1n) is 9.32. The van der Waals surface area contributed by atoms with E-state index in [1.807, 2.05) is 0 Å². The van der Waals surface area contributed by atoms with Gasteiger partial charge in [0.1, 0.15) is 0 Å². The molecule has 0 radical (unpaired) electrons. The van der Waals surface area contributed by atoms with Crippen LogP contribution in [0.4, 0.5) is 0 Å². The number of carbonyl (C=O) groups excluding carboxylic acids is 1. The van der Waals surface area contributed by atoms with Crippen molar-refractivity contribution in [3.05, 3.63) is 23.8 Å². The monoisotopic (exact) mass is 333 g/mol. The molecular formula is C20H31NOS. The van der Waals surface area contributed by atoms with Gasteiger partial charge >= 0.3 is 0 Å². The molecule has 0 aromatic rings. The zero-order chi connectivity index (χ0) is 16.5. The number of carbonyl (C=O) groups is 1. The zero-order valence-electron chi connectivity index (χ0n) is 14.5. The first-order valence-corrected chi connectivity index (χ1v) is 10.3. The van der Waals surface area contributed by atoms with Gasteiger partial charge in [-0.15, -0.1) is 0 Å². The lowest BCUT2D eigenvalue weighted by molar-refractivity contribution is -0.110. The number of unbranched alkanes of at least 4 members (excludes halogenated alkanes) is 3. The summed E-state index contributed by atoms with van der Waals surface area (Å²) in [6.07, 6.45) is 18.6. The highest BCUT2D eigenvalue weighted by molar-refractivity contribution is 8.00. The molecule has 0 aromatic heterocycles. The average Bonchev–Trinajstić information content (AvgIpc) is 2.59. The number of rotatable bonds is 9. The van der Waals surface area contributed by atoms with E-state index >= 15 is 0 Å². The lowest BCUT2D eigenvalue weighted by atomic mass is 9.92. The molecule has 128 valence electrons. The van der Waals surface area contributed by atoms with Crippen LogP contribution in [0.2, 0.25) is 0 Å². The van der Waals surface area contributed by atoms with Crippen LogP contribution in [0.1, 0.15) is 77.6 Å². The molecule has 2 aliphatic carbocycles. The van der Waals surface area contributed by atoms with Gasteiger partial charge in [0.2, 0.25) is 5.78 Å². The van der Waals surface area contributed by atoms with Crippen molar-refractivity contribution in [2.75, 3.05) is 0 Å². The van der Waals surface area contributed by atoms with E-state index in [0.29, 0.717) is 17.4 Å². The maximum Gasteiger partial charge on any atom is 0.202 e. The average molecular weight is 334 g/mol. The number of thioether (sulfide) groups is 1. The van der Waals surface area contributed by atoms with Crippen molar-refractivity contribution in [3.63, 3.8) is 0 Å². The molecule has 0 saturated carbocycles. The smallest absolute Gasteiger partial charge is 0.202 e. The van der Waals surface area contributed by atoms with Gasteiger partial charge in [-0.2, -0.15) is 11.8 Å². The molecule has 2 aliphatic rings. The largest absolute Gasteiger partial charge is 0.301 e. The fourth-order valence-corrected chi connectivity index (χ4v) is 4.84. The van der Waals surface area contributed by atoms with Crippen LogP contribution in [0.3, 0.4) is 0 Å². The quantitative estimate of drug-likeness (QED) is 0.326. The second kappa shape index (κ2) is 10.1. The van der Waals surface area contributed by atoms with Gasteiger partial charge in [-0.05, 0) is 56.9 Å². The third-order valence-electron chi connectivity index (χ3n) is 4.81. The van der Waals surface area contributed by atoms with Crippen LogP contribution in [-0.4, -0.2) is 22.0 Å². The highest BCUT2D eigenvalue weighted by Gasteiger charge is 2.23. The Morgan fingerprint density at radius 2 is 2.00 bits per heavy atom. The molecule has 2 unspecified atom stereocenters. The van der Waals surface area contributed by atoms with Gasteiger partial charge < -0.3 is 5.41 Å². The molecule has 0 aliphatic heterocycles. The Hall–Kier alpha value is -0.830. The lowest BCUT2D eigenvalue weighted by Crippen LogP contribution is -2.21. The highest BCUT2D eigenvalue weighted by atomic mass is 32.2. The van der Waals surface area contributed by atoms with Crippen LogP contribution in [0.25, 0.3) is 0 Å². The van der Waals surface area contributed by atoms with Gasteiger partial charge in [-0.3, -0.25) is 4.79 Å². The summed E-state index contributed by atoms with van der Waals surface area (Å²) in [5, 5.41) is 9.46. The van der Waals surface area contributed by atoms with Gasteiger partial charge in [0.05, 0.1) is 5.71 Å². The Balaban J connectivity index is 1.73. The number of ketones is 1. The summed E-state index contributed by atoms with van der Waals surface area (Å²) in [5.74, 6) is 0.0190. The molecule has 2 atom stereocenters. The van der Waals surface area contributed by atoms with Crippen LogP contribution in [0.5, 0.6) is 0 Å². The van der Waals surface area contributed by atoms with Crippen molar-refractivity contribution >= 4 is 23.3 Å². The molecular weight excluding hydrogens is 302 g/mol. The predicted octanol–water partition coefficient (Wildman–Crippen LogP) is 5.87. The Labute approximate surface area is 145 Å². The van der Waals surface area contributed by atoms with Gasteiger partial charge in [-0.25, -0.2) is 0 Å². The van der Waals surface area contributed by atoms with Gasteiger partial charge in [-0.1, -0.05) is 44.4 Å². The molecule has 0 fully saturated rings. The number of hydrogen-bond acceptors (Lipinski definition) is 3. The normalized spacial score (nSPS) is 24.3. The van der Waals surface area contributed by atoms with Crippen LogP contribution in [0.15, 0.2) is 23.8 Å². The van der Waals surface area contributed by atoms with Crippen LogP contribution in [0, 0.1) is 5.41 Å². The molecule has 0 aromatic carbocycles. The number of allylic oxidation sites excluding steroid dienone is 4. The first-order chi connectivity index (χ1) is 11.2. The Morgan fingerprint density at radius 3 is 2.65 bits per heavy atom. The standard InChI is InChI=1S/C20H31NOS/c1-2-3-4-8-11-19(21)20(22)16-12-14-18(15-13-16)23-17-9-6-5-7-10-17/h5-6,12,17-18,21H,2-4,7-11,13-15H2,1H3. The van der Waals surface area contributed by atoms with E-state index in [4.69, 9.17) is 5.41 Å². The summed E-state index contributed by atoms with van der Waals surface area (Å²) in [4.78, 5) is 12.3. The highest BCUT2D eigenvalue weighted by Crippen LogP contribution is 2.35. The third-order valence-corrected chi connectivity index (χ3v) is 6.44. The van der Waals surface area contributed by atoms with Gasteiger partial charge in [0.15, 0.2) is 0 Å². The van der Waals surface area contributed by atoms with Crippen molar-refractivity contribution < 1.29 is 4.79 Å². The van der Waals surface area contributed by atoms with E-state index in [0.717, 1.165) is 42.9 Å². The molecule has 2 nitrogen and oxygen atoms in total. The number of Topliss-reactive ketones (excluding diaryl/α,β-unsaturated/α-hetero) is 1. The lowest BCUT2D eigenvalue weighted by Gasteiger charge is -2.26. The first kappa shape index (κ1) is 18.5. The molecule has 2 rings (SSSR count). The van der Waals surface area contributed by atoms with Gasteiger partial charge in [0, 0.05) is 10.5 Å². The molecule has 0 saturated heterocycles. The summed E-state index contributed by atoms with van der Waals surface area (Å²) in [5.41, 5.74) is 1.24. The minimum atomic E-state index is 0.0190. The van der Waals surface area contributed by atoms with E-state index in [-0.39, 0.29) is 5.78 Å². The Bertz CT molecular complexity index is 466. The maximum atomic E-state index is 12.3. The third kappa shape index (κ3) is 6.29. The molecule has 0 heterocycles. The minimum Gasteiger partial charge on any atom is -0.301 e. The van der Waals surface area contributed by atoms with Crippen molar-refractivity contribution in [1.29, 1.82) is 5.41 Å². The summed E-state index contributed by atoms with van der Waals surface area (Å²) in [6, 6.07) is 0.